The van der Waals surface area contributed by atoms with Crippen molar-refractivity contribution < 1.29 is 9.53 Å². The number of hydrogen-bond donors (Lipinski definition) is 1. The van der Waals surface area contributed by atoms with E-state index in [9.17, 15) is 4.79 Å². The van der Waals surface area contributed by atoms with E-state index in [1.165, 1.54) is 0 Å². The molecule has 1 aromatic carbocycles. The minimum absolute atomic E-state index is 0.190. The van der Waals surface area contributed by atoms with Crippen molar-refractivity contribution in [3.8, 4) is 0 Å². The molecule has 0 spiro atoms. The number of fused-ring (bicyclic) bond motifs is 1. The van der Waals surface area contributed by atoms with Gasteiger partial charge in [-0.1, -0.05) is 18.2 Å². The lowest BCUT2D eigenvalue weighted by Crippen LogP contribution is -2.30. The van der Waals surface area contributed by atoms with Crippen LogP contribution in [-0.2, 0) is 17.7 Å². The number of carbonyl (C=O) groups is 1. The van der Waals surface area contributed by atoms with E-state index in [0.29, 0.717) is 31.0 Å². The maximum absolute atomic E-state index is 12.2. The summed E-state index contributed by atoms with van der Waals surface area (Å²) in [4.78, 5) is 16.6. The normalized spacial score (nSPS) is 12.9. The number of nitrogens with one attached hydrogen (secondary N) is 1. The first-order valence-electron chi connectivity index (χ1n) is 6.74. The average molecular weight is 284 g/mol. The lowest BCUT2D eigenvalue weighted by Gasteiger charge is -2.02. The smallest absolute Gasteiger partial charge is 0.259 e. The van der Waals surface area contributed by atoms with Gasteiger partial charge in [0.1, 0.15) is 5.84 Å². The minimum atomic E-state index is -0.190. The zero-order valence-corrected chi connectivity index (χ0v) is 11.7. The second-order valence-corrected chi connectivity index (χ2v) is 4.80. The highest BCUT2D eigenvalue weighted by molar-refractivity contribution is 6.08. The molecule has 2 aromatic rings. The zero-order chi connectivity index (χ0) is 14.7. The van der Waals surface area contributed by atoms with Crippen LogP contribution in [0, 0.1) is 0 Å². The molecule has 1 aromatic heterocycles. The van der Waals surface area contributed by atoms with Crippen molar-refractivity contribution in [2.24, 2.45) is 4.99 Å². The van der Waals surface area contributed by atoms with Gasteiger partial charge in [0, 0.05) is 19.7 Å². The third kappa shape index (κ3) is 3.00. The molecule has 2 heterocycles. The molecule has 1 amide bonds. The van der Waals surface area contributed by atoms with Crippen LogP contribution in [0.5, 0.6) is 0 Å². The molecule has 0 saturated heterocycles. The molecule has 0 saturated carbocycles. The zero-order valence-electron chi connectivity index (χ0n) is 11.7. The summed E-state index contributed by atoms with van der Waals surface area (Å²) in [5, 5.41) is 6.96. The Bertz CT molecular complexity index is 690. The molecule has 3 rings (SSSR count). The fraction of sp³-hybridized carbons (Fsp3) is 0.267. The van der Waals surface area contributed by atoms with E-state index in [0.717, 1.165) is 11.3 Å². The molecule has 0 aliphatic carbocycles. The summed E-state index contributed by atoms with van der Waals surface area (Å²) >= 11 is 0. The van der Waals surface area contributed by atoms with Gasteiger partial charge in [-0.15, -0.1) is 0 Å². The van der Waals surface area contributed by atoms with E-state index in [2.05, 4.69) is 15.4 Å². The highest BCUT2D eigenvalue weighted by atomic mass is 16.5. The van der Waals surface area contributed by atoms with Gasteiger partial charge in [-0.25, -0.2) is 4.99 Å². The monoisotopic (exact) mass is 284 g/mol. The number of aliphatic imine (C=N–C) groups is 1. The van der Waals surface area contributed by atoms with Crippen molar-refractivity contribution >= 4 is 17.4 Å². The lowest BCUT2D eigenvalue weighted by molar-refractivity contribution is 0.0976. The van der Waals surface area contributed by atoms with Gasteiger partial charge in [-0.3, -0.25) is 9.48 Å². The molecular weight excluding hydrogens is 268 g/mol. The van der Waals surface area contributed by atoms with Gasteiger partial charge in [0.2, 0.25) is 0 Å². The number of ether oxygens (including phenoxy) is 1. The molecule has 0 atom stereocenters. The summed E-state index contributed by atoms with van der Waals surface area (Å²) < 4.78 is 6.66. The topological polar surface area (TPSA) is 68.5 Å². The fourth-order valence-electron chi connectivity index (χ4n) is 2.20. The quantitative estimate of drug-likeness (QED) is 0.926. The van der Waals surface area contributed by atoms with Crippen molar-refractivity contribution in [2.75, 3.05) is 13.7 Å². The summed E-state index contributed by atoms with van der Waals surface area (Å²) in [7, 11) is 1.63. The van der Waals surface area contributed by atoms with Crippen LogP contribution in [0.2, 0.25) is 0 Å². The van der Waals surface area contributed by atoms with E-state index in [4.69, 9.17) is 4.74 Å². The Morgan fingerprint density at radius 3 is 3.10 bits per heavy atom. The highest BCUT2D eigenvalue weighted by Crippen LogP contribution is 2.25. The van der Waals surface area contributed by atoms with Gasteiger partial charge in [-0.2, -0.15) is 5.10 Å². The predicted molar refractivity (Wildman–Crippen MR) is 78.8 cm³/mol. The molecule has 0 fully saturated rings. The maximum atomic E-state index is 12.2. The van der Waals surface area contributed by atoms with Gasteiger partial charge >= 0.3 is 0 Å². The molecule has 1 aliphatic rings. The van der Waals surface area contributed by atoms with Crippen molar-refractivity contribution in [2.45, 2.75) is 13.0 Å². The molecule has 6 nitrogen and oxygen atoms in total. The molecule has 0 unspecified atom stereocenters. The van der Waals surface area contributed by atoms with E-state index >= 15 is 0 Å². The Hall–Kier alpha value is -2.47. The number of aromatic nitrogens is 2. The number of para-hydroxylation sites is 1. The number of methoxy groups -OCH3 is 1. The SMILES string of the molecule is COCCn1cc(C(=O)NC2=Nc3ccccc3C2)cn1. The molecule has 1 N–H and O–H groups in total. The van der Waals surface area contributed by atoms with Gasteiger partial charge in [-0.05, 0) is 11.6 Å². The van der Waals surface area contributed by atoms with Crippen LogP contribution in [0.25, 0.3) is 0 Å². The number of amidine groups is 1. The Balaban J connectivity index is 1.64. The number of carbonyl (C=O) groups excluding carboxylic acids is 1. The second-order valence-electron chi connectivity index (χ2n) is 4.80. The van der Waals surface area contributed by atoms with Crippen LogP contribution in [0.1, 0.15) is 15.9 Å². The lowest BCUT2D eigenvalue weighted by atomic mass is 10.1. The molecule has 6 heteroatoms. The van der Waals surface area contributed by atoms with E-state index in [1.807, 2.05) is 24.3 Å². The first-order chi connectivity index (χ1) is 10.3. The molecule has 0 radical (unpaired) electrons. The fourth-order valence-corrected chi connectivity index (χ4v) is 2.20. The number of nitrogens with zero attached hydrogens (tertiary/aromatic N) is 3. The third-order valence-corrected chi connectivity index (χ3v) is 3.28. The van der Waals surface area contributed by atoms with Crippen LogP contribution in [0.15, 0.2) is 41.7 Å². The summed E-state index contributed by atoms with van der Waals surface area (Å²) in [6.45, 7) is 1.18. The highest BCUT2D eigenvalue weighted by Gasteiger charge is 2.17. The standard InChI is InChI=1S/C15H16N4O2/c1-21-7-6-19-10-12(9-16-19)15(20)18-14-8-11-4-2-3-5-13(11)17-14/h2-5,9-10H,6-8H2,1H3,(H,17,18,20). The summed E-state index contributed by atoms with van der Waals surface area (Å²) in [6, 6.07) is 7.86. The van der Waals surface area contributed by atoms with Gasteiger partial charge in [0.05, 0.1) is 30.6 Å². The van der Waals surface area contributed by atoms with Crippen LogP contribution < -0.4 is 5.32 Å². The van der Waals surface area contributed by atoms with Gasteiger partial charge in [0.25, 0.3) is 5.91 Å². The first-order valence-corrected chi connectivity index (χ1v) is 6.74. The number of benzene rings is 1. The molecule has 21 heavy (non-hydrogen) atoms. The Kier molecular flexibility index (Phi) is 3.79. The Morgan fingerprint density at radius 1 is 1.43 bits per heavy atom. The summed E-state index contributed by atoms with van der Waals surface area (Å²) in [5.41, 5.74) is 2.57. The van der Waals surface area contributed by atoms with E-state index in [-0.39, 0.29) is 5.91 Å². The average Bonchev–Trinajstić information content (AvgIpc) is 3.11. The Labute approximate surface area is 122 Å². The van der Waals surface area contributed by atoms with Crippen molar-refractivity contribution in [3.05, 3.63) is 47.8 Å². The van der Waals surface area contributed by atoms with Crippen LogP contribution >= 0.6 is 0 Å². The molecule has 108 valence electrons. The maximum Gasteiger partial charge on any atom is 0.259 e. The van der Waals surface area contributed by atoms with Gasteiger partial charge < -0.3 is 10.1 Å². The van der Waals surface area contributed by atoms with Crippen molar-refractivity contribution in [3.63, 3.8) is 0 Å². The van der Waals surface area contributed by atoms with E-state index < -0.39 is 0 Å². The molecule has 1 aliphatic heterocycles. The van der Waals surface area contributed by atoms with Crippen molar-refractivity contribution in [1.82, 2.24) is 15.1 Å². The summed E-state index contributed by atoms with van der Waals surface area (Å²) in [5.74, 6) is 0.482. The number of hydrogen-bond acceptors (Lipinski definition) is 4. The van der Waals surface area contributed by atoms with Crippen molar-refractivity contribution in [1.29, 1.82) is 0 Å². The second kappa shape index (κ2) is 5.88. The number of rotatable bonds is 4. The number of amides is 1. The molecule has 0 bridgehead atoms. The largest absolute Gasteiger partial charge is 0.383 e. The van der Waals surface area contributed by atoms with E-state index in [1.54, 1.807) is 24.2 Å². The first kappa shape index (κ1) is 13.5. The predicted octanol–water partition coefficient (Wildman–Crippen LogP) is 1.55. The third-order valence-electron chi connectivity index (χ3n) is 3.28. The van der Waals surface area contributed by atoms with Gasteiger partial charge in [0.15, 0.2) is 0 Å². The van der Waals surface area contributed by atoms with Crippen LogP contribution in [-0.4, -0.2) is 35.2 Å². The Morgan fingerprint density at radius 2 is 2.29 bits per heavy atom. The molecular formula is C15H16N4O2. The summed E-state index contributed by atoms with van der Waals surface area (Å²) in [6.07, 6.45) is 3.91. The van der Waals surface area contributed by atoms with Crippen LogP contribution in [0.3, 0.4) is 0 Å². The van der Waals surface area contributed by atoms with Crippen LogP contribution in [0.4, 0.5) is 5.69 Å². The minimum Gasteiger partial charge on any atom is -0.383 e.